The van der Waals surface area contributed by atoms with Crippen molar-refractivity contribution in [3.63, 3.8) is 0 Å². The van der Waals surface area contributed by atoms with Crippen molar-refractivity contribution in [1.29, 1.82) is 0 Å². The fraction of sp³-hybridized carbons (Fsp3) is 0.353. The monoisotopic (exact) mass is 268 g/mol. The minimum absolute atomic E-state index is 0.0298. The van der Waals surface area contributed by atoms with E-state index in [1.54, 1.807) is 0 Å². The topological polar surface area (TPSA) is 32.3 Å². The van der Waals surface area contributed by atoms with Crippen LogP contribution in [0, 0.1) is 0 Å². The molecule has 1 aliphatic rings. The molecule has 0 radical (unpaired) electrons. The molecule has 0 unspecified atom stereocenters. The Morgan fingerprint density at radius 3 is 2.35 bits per heavy atom. The number of hydrogen-bond donors (Lipinski definition) is 1. The summed E-state index contributed by atoms with van der Waals surface area (Å²) in [5.74, 6) is 0. The SMILES string of the molecule is O=C(Nc1ccc2ccccc2c1)N1CCCCCC1. The number of amides is 2. The predicted octanol–water partition coefficient (Wildman–Crippen LogP) is 4.25. The molecule has 20 heavy (non-hydrogen) atoms. The van der Waals surface area contributed by atoms with Gasteiger partial charge >= 0.3 is 6.03 Å². The number of likely N-dealkylation sites (tertiary alicyclic amines) is 1. The number of fused-ring (bicyclic) bond motifs is 1. The lowest BCUT2D eigenvalue weighted by Crippen LogP contribution is -2.35. The Hall–Kier alpha value is -2.03. The molecule has 0 aliphatic carbocycles. The highest BCUT2D eigenvalue weighted by molar-refractivity contribution is 5.93. The number of nitrogens with one attached hydrogen (secondary N) is 1. The Morgan fingerprint density at radius 2 is 1.60 bits per heavy atom. The summed E-state index contributed by atoms with van der Waals surface area (Å²) in [6, 6.07) is 14.3. The molecule has 0 atom stereocenters. The van der Waals surface area contributed by atoms with Crippen LogP contribution in [0.25, 0.3) is 10.8 Å². The molecule has 0 saturated carbocycles. The normalized spacial score (nSPS) is 15.9. The highest BCUT2D eigenvalue weighted by Gasteiger charge is 2.15. The third-order valence-corrected chi connectivity index (χ3v) is 3.89. The van der Waals surface area contributed by atoms with E-state index in [4.69, 9.17) is 0 Å². The summed E-state index contributed by atoms with van der Waals surface area (Å²) in [4.78, 5) is 14.2. The van der Waals surface area contributed by atoms with Crippen LogP contribution in [0.1, 0.15) is 25.7 Å². The van der Waals surface area contributed by atoms with Gasteiger partial charge in [0.05, 0.1) is 0 Å². The fourth-order valence-electron chi connectivity index (χ4n) is 2.74. The maximum Gasteiger partial charge on any atom is 0.321 e. The van der Waals surface area contributed by atoms with E-state index >= 15 is 0 Å². The molecule has 1 heterocycles. The van der Waals surface area contributed by atoms with Crippen LogP contribution in [0.3, 0.4) is 0 Å². The maximum atomic E-state index is 12.3. The Bertz CT molecular complexity index is 601. The largest absolute Gasteiger partial charge is 0.325 e. The molecular weight excluding hydrogens is 248 g/mol. The molecule has 1 fully saturated rings. The van der Waals surface area contributed by atoms with Gasteiger partial charge in [0.15, 0.2) is 0 Å². The van der Waals surface area contributed by atoms with Crippen LogP contribution in [0.2, 0.25) is 0 Å². The Labute approximate surface area is 119 Å². The molecule has 1 saturated heterocycles. The smallest absolute Gasteiger partial charge is 0.321 e. The first-order valence-corrected chi connectivity index (χ1v) is 7.38. The van der Waals surface area contributed by atoms with Gasteiger partial charge in [-0.25, -0.2) is 4.79 Å². The third-order valence-electron chi connectivity index (χ3n) is 3.89. The first kappa shape index (κ1) is 13.0. The number of nitrogens with zero attached hydrogens (tertiary/aromatic N) is 1. The third kappa shape index (κ3) is 2.93. The van der Waals surface area contributed by atoms with Gasteiger partial charge < -0.3 is 10.2 Å². The number of hydrogen-bond acceptors (Lipinski definition) is 1. The summed E-state index contributed by atoms with van der Waals surface area (Å²) in [6.07, 6.45) is 4.70. The minimum atomic E-state index is 0.0298. The van der Waals surface area contributed by atoms with Crippen molar-refractivity contribution >= 4 is 22.5 Å². The number of anilines is 1. The Kier molecular flexibility index (Phi) is 3.86. The standard InChI is InChI=1S/C17H20N2O/c20-17(19-11-5-1-2-6-12-19)18-16-10-9-14-7-3-4-8-15(14)13-16/h3-4,7-10,13H,1-2,5-6,11-12H2,(H,18,20). The van der Waals surface area contributed by atoms with Crippen LogP contribution in [0.15, 0.2) is 42.5 Å². The fourth-order valence-corrected chi connectivity index (χ4v) is 2.74. The molecular formula is C17H20N2O. The molecule has 104 valence electrons. The van der Waals surface area contributed by atoms with Crippen LogP contribution in [-0.2, 0) is 0 Å². The zero-order valence-electron chi connectivity index (χ0n) is 11.6. The molecule has 2 aromatic carbocycles. The molecule has 0 spiro atoms. The lowest BCUT2D eigenvalue weighted by molar-refractivity contribution is 0.214. The van der Waals surface area contributed by atoms with Gasteiger partial charge in [-0.05, 0) is 35.7 Å². The van der Waals surface area contributed by atoms with E-state index in [-0.39, 0.29) is 6.03 Å². The highest BCUT2D eigenvalue weighted by atomic mass is 16.2. The average Bonchev–Trinajstić information content (AvgIpc) is 2.76. The van der Waals surface area contributed by atoms with Gasteiger partial charge in [-0.15, -0.1) is 0 Å². The van der Waals surface area contributed by atoms with Gasteiger partial charge in [-0.3, -0.25) is 0 Å². The Balaban J connectivity index is 1.73. The number of benzene rings is 2. The molecule has 0 bridgehead atoms. The molecule has 2 aromatic rings. The summed E-state index contributed by atoms with van der Waals surface area (Å²) in [5, 5.41) is 5.37. The first-order valence-electron chi connectivity index (χ1n) is 7.38. The van der Waals surface area contributed by atoms with Crippen molar-refractivity contribution in [2.75, 3.05) is 18.4 Å². The van der Waals surface area contributed by atoms with Crippen LogP contribution >= 0.6 is 0 Å². The van der Waals surface area contributed by atoms with Crippen molar-refractivity contribution < 1.29 is 4.79 Å². The Morgan fingerprint density at radius 1 is 0.900 bits per heavy atom. The second-order valence-corrected chi connectivity index (χ2v) is 5.39. The van der Waals surface area contributed by atoms with E-state index < -0.39 is 0 Å². The average molecular weight is 268 g/mol. The minimum Gasteiger partial charge on any atom is -0.325 e. The molecule has 0 aromatic heterocycles. The number of carbonyl (C=O) groups excluding carboxylic acids is 1. The molecule has 1 N–H and O–H groups in total. The maximum absolute atomic E-state index is 12.3. The highest BCUT2D eigenvalue weighted by Crippen LogP contribution is 2.19. The summed E-state index contributed by atoms with van der Waals surface area (Å²) in [7, 11) is 0. The molecule has 3 heteroatoms. The number of urea groups is 1. The molecule has 3 nitrogen and oxygen atoms in total. The van der Waals surface area contributed by atoms with Crippen molar-refractivity contribution in [3.8, 4) is 0 Å². The number of rotatable bonds is 1. The van der Waals surface area contributed by atoms with E-state index in [1.165, 1.54) is 18.2 Å². The molecule has 1 aliphatic heterocycles. The van der Waals surface area contributed by atoms with Crippen LogP contribution in [0.4, 0.5) is 10.5 Å². The zero-order valence-corrected chi connectivity index (χ0v) is 11.6. The van der Waals surface area contributed by atoms with E-state index in [1.807, 2.05) is 35.2 Å². The predicted molar refractivity (Wildman–Crippen MR) is 83.0 cm³/mol. The van der Waals surface area contributed by atoms with E-state index in [0.29, 0.717) is 0 Å². The molecule has 3 rings (SSSR count). The first-order chi connectivity index (χ1) is 9.83. The summed E-state index contributed by atoms with van der Waals surface area (Å²) in [5.41, 5.74) is 0.873. The van der Waals surface area contributed by atoms with E-state index in [9.17, 15) is 4.79 Å². The second kappa shape index (κ2) is 5.95. The van der Waals surface area contributed by atoms with Gasteiger partial charge in [0.2, 0.25) is 0 Å². The van der Waals surface area contributed by atoms with Gasteiger partial charge in [-0.1, -0.05) is 43.2 Å². The second-order valence-electron chi connectivity index (χ2n) is 5.39. The van der Waals surface area contributed by atoms with Crippen LogP contribution < -0.4 is 5.32 Å². The van der Waals surface area contributed by atoms with Crippen molar-refractivity contribution in [1.82, 2.24) is 4.90 Å². The van der Waals surface area contributed by atoms with Crippen molar-refractivity contribution in [3.05, 3.63) is 42.5 Å². The summed E-state index contributed by atoms with van der Waals surface area (Å²) >= 11 is 0. The summed E-state index contributed by atoms with van der Waals surface area (Å²) in [6.45, 7) is 1.75. The zero-order chi connectivity index (χ0) is 13.8. The van der Waals surface area contributed by atoms with Gasteiger partial charge in [0.1, 0.15) is 0 Å². The van der Waals surface area contributed by atoms with Crippen molar-refractivity contribution in [2.24, 2.45) is 0 Å². The van der Waals surface area contributed by atoms with Gasteiger partial charge in [0, 0.05) is 18.8 Å². The lowest BCUT2D eigenvalue weighted by atomic mass is 10.1. The van der Waals surface area contributed by atoms with Crippen LogP contribution in [-0.4, -0.2) is 24.0 Å². The van der Waals surface area contributed by atoms with Gasteiger partial charge in [-0.2, -0.15) is 0 Å². The molecule has 2 amide bonds. The van der Waals surface area contributed by atoms with E-state index in [0.717, 1.165) is 37.0 Å². The summed E-state index contributed by atoms with van der Waals surface area (Å²) < 4.78 is 0. The van der Waals surface area contributed by atoms with Crippen molar-refractivity contribution in [2.45, 2.75) is 25.7 Å². The van der Waals surface area contributed by atoms with E-state index in [2.05, 4.69) is 17.4 Å². The quantitative estimate of drug-likeness (QED) is 0.824. The van der Waals surface area contributed by atoms with Crippen LogP contribution in [0.5, 0.6) is 0 Å². The lowest BCUT2D eigenvalue weighted by Gasteiger charge is -2.20. The van der Waals surface area contributed by atoms with Gasteiger partial charge in [0.25, 0.3) is 0 Å². The number of carbonyl (C=O) groups is 1.